The Morgan fingerprint density at radius 2 is 1.76 bits per heavy atom. The number of nitrogens with one attached hydrogen (secondary N) is 1. The molecule has 0 aromatic heterocycles. The summed E-state index contributed by atoms with van der Waals surface area (Å²) in [6, 6.07) is 9.41. The third-order valence-electron chi connectivity index (χ3n) is 7.42. The molecule has 4 aliphatic rings. The normalized spacial score (nSPS) is 30.7. The van der Waals surface area contributed by atoms with E-state index >= 15 is 0 Å². The first-order chi connectivity index (χ1) is 15.7. The number of para-hydroxylation sites is 1. The lowest BCUT2D eigenvalue weighted by Crippen LogP contribution is -2.54. The van der Waals surface area contributed by atoms with Crippen molar-refractivity contribution in [2.75, 3.05) is 16.8 Å². The summed E-state index contributed by atoms with van der Waals surface area (Å²) in [6.45, 7) is 0.419. The number of imide groups is 1. The summed E-state index contributed by atoms with van der Waals surface area (Å²) in [7, 11) is 0. The molecule has 0 unspecified atom stereocenters. The lowest BCUT2D eigenvalue weighted by atomic mass is 9.75. The van der Waals surface area contributed by atoms with E-state index in [1.165, 1.54) is 12.1 Å². The van der Waals surface area contributed by atoms with Crippen molar-refractivity contribution >= 4 is 40.7 Å². The van der Waals surface area contributed by atoms with Gasteiger partial charge in [0.15, 0.2) is 0 Å². The second-order valence-electron chi connectivity index (χ2n) is 8.84. The minimum Gasteiger partial charge on any atom is -0.323 e. The molecule has 6 rings (SSSR count). The van der Waals surface area contributed by atoms with Crippen LogP contribution in [0.15, 0.2) is 42.5 Å². The molecular formula is C23H17ClF3N3O3. The highest BCUT2D eigenvalue weighted by atomic mass is 35.5. The molecule has 170 valence electrons. The van der Waals surface area contributed by atoms with Gasteiger partial charge >= 0.3 is 6.18 Å². The van der Waals surface area contributed by atoms with Gasteiger partial charge in [-0.3, -0.25) is 19.3 Å². The molecule has 4 aliphatic heterocycles. The van der Waals surface area contributed by atoms with E-state index in [0.29, 0.717) is 30.1 Å². The number of rotatable bonds is 1. The molecule has 33 heavy (non-hydrogen) atoms. The molecule has 3 amide bonds. The van der Waals surface area contributed by atoms with Crippen LogP contribution in [0.4, 0.5) is 24.5 Å². The third kappa shape index (κ3) is 2.46. The predicted octanol–water partition coefficient (Wildman–Crippen LogP) is 3.79. The quantitative estimate of drug-likeness (QED) is 0.637. The summed E-state index contributed by atoms with van der Waals surface area (Å²) < 4.78 is 41.2. The lowest BCUT2D eigenvalue weighted by Gasteiger charge is -2.36. The zero-order chi connectivity index (χ0) is 23.3. The number of carbonyl (C=O) groups is 3. The number of hydrogen-bond donors (Lipinski definition) is 1. The Kier molecular flexibility index (Phi) is 4.12. The maximum atomic E-state index is 13.8. The molecule has 3 saturated heterocycles. The molecule has 1 spiro atoms. The fourth-order valence-electron chi connectivity index (χ4n) is 6.31. The van der Waals surface area contributed by atoms with Crippen LogP contribution in [-0.2, 0) is 26.1 Å². The van der Waals surface area contributed by atoms with Crippen LogP contribution in [-0.4, -0.2) is 35.2 Å². The number of halogens is 4. The first kappa shape index (κ1) is 20.7. The van der Waals surface area contributed by atoms with Crippen molar-refractivity contribution in [3.63, 3.8) is 0 Å². The second-order valence-corrected chi connectivity index (χ2v) is 9.28. The van der Waals surface area contributed by atoms with Crippen molar-refractivity contribution in [2.24, 2.45) is 11.8 Å². The van der Waals surface area contributed by atoms with E-state index in [2.05, 4.69) is 5.32 Å². The van der Waals surface area contributed by atoms with E-state index in [4.69, 9.17) is 11.6 Å². The fourth-order valence-corrected chi connectivity index (χ4v) is 6.44. The molecule has 0 bridgehead atoms. The van der Waals surface area contributed by atoms with Crippen LogP contribution < -0.4 is 10.2 Å². The lowest BCUT2D eigenvalue weighted by molar-refractivity contribution is -0.137. The number of alkyl halides is 3. The molecule has 1 N–H and O–H groups in total. The smallest absolute Gasteiger partial charge is 0.323 e. The Balaban J connectivity index is 1.56. The standard InChI is InChI=1S/C23H17ClF3N3O3/c24-11-6-8-12(9-7-11)30-19(31)16-15-5-2-10-29(15)22(17(16)20(30)32)13-3-1-4-14(23(25,26)27)18(13)28-21(22)33/h1,3-4,6-9,15-17H,2,5,10H2,(H,28,33)/t15-,16-,17+,22-/m1/s1. The van der Waals surface area contributed by atoms with E-state index in [-0.39, 0.29) is 11.3 Å². The maximum Gasteiger partial charge on any atom is 0.418 e. The number of benzene rings is 2. The van der Waals surface area contributed by atoms with E-state index in [1.54, 1.807) is 29.2 Å². The van der Waals surface area contributed by atoms with E-state index in [1.807, 2.05) is 0 Å². The molecule has 6 nitrogen and oxygen atoms in total. The highest BCUT2D eigenvalue weighted by Crippen LogP contribution is 2.61. The highest BCUT2D eigenvalue weighted by molar-refractivity contribution is 6.31. The number of fused-ring (bicyclic) bond motifs is 7. The molecule has 4 atom stereocenters. The van der Waals surface area contributed by atoms with Gasteiger partial charge < -0.3 is 5.32 Å². The third-order valence-corrected chi connectivity index (χ3v) is 7.67. The van der Waals surface area contributed by atoms with Gasteiger partial charge in [0.1, 0.15) is 5.54 Å². The van der Waals surface area contributed by atoms with E-state index in [9.17, 15) is 27.6 Å². The SMILES string of the molecule is O=C1[C@@H]2[C@H]3CCCN3[C@@]3(C(=O)Nc4c(C(F)(F)F)cccc43)[C@@H]2C(=O)N1c1ccc(Cl)cc1. The monoisotopic (exact) mass is 475 g/mol. The molecule has 0 saturated carbocycles. The van der Waals surface area contributed by atoms with E-state index < -0.39 is 52.9 Å². The molecule has 0 radical (unpaired) electrons. The maximum absolute atomic E-state index is 13.8. The van der Waals surface area contributed by atoms with Crippen molar-refractivity contribution in [2.45, 2.75) is 30.6 Å². The van der Waals surface area contributed by atoms with Crippen LogP contribution >= 0.6 is 11.6 Å². The molecule has 3 fully saturated rings. The summed E-state index contributed by atoms with van der Waals surface area (Å²) in [5.41, 5.74) is -2.51. The zero-order valence-electron chi connectivity index (χ0n) is 17.0. The van der Waals surface area contributed by atoms with Crippen molar-refractivity contribution in [1.29, 1.82) is 0 Å². The average molecular weight is 476 g/mol. The highest BCUT2D eigenvalue weighted by Gasteiger charge is 2.75. The number of amides is 3. The first-order valence-electron chi connectivity index (χ1n) is 10.6. The van der Waals surface area contributed by atoms with Crippen LogP contribution in [0.5, 0.6) is 0 Å². The molecular weight excluding hydrogens is 459 g/mol. The van der Waals surface area contributed by atoms with E-state index in [0.717, 1.165) is 11.0 Å². The van der Waals surface area contributed by atoms with Gasteiger partial charge in [0.2, 0.25) is 17.7 Å². The fraction of sp³-hybridized carbons (Fsp3) is 0.348. The Labute approximate surface area is 191 Å². The summed E-state index contributed by atoms with van der Waals surface area (Å²) in [6.07, 6.45) is -3.42. The largest absolute Gasteiger partial charge is 0.418 e. The van der Waals surface area contributed by atoms with Gasteiger partial charge in [-0.15, -0.1) is 0 Å². The van der Waals surface area contributed by atoms with Gasteiger partial charge in [-0.05, 0) is 49.7 Å². The number of nitrogens with zero attached hydrogens (tertiary/aromatic N) is 2. The molecule has 2 aromatic rings. The Morgan fingerprint density at radius 1 is 1.03 bits per heavy atom. The van der Waals surface area contributed by atoms with Crippen molar-refractivity contribution in [3.05, 3.63) is 58.6 Å². The van der Waals surface area contributed by atoms with Crippen LogP contribution in [0.25, 0.3) is 0 Å². The zero-order valence-corrected chi connectivity index (χ0v) is 17.8. The second kappa shape index (κ2) is 6.57. The number of carbonyl (C=O) groups excluding carboxylic acids is 3. The molecule has 10 heteroatoms. The van der Waals surface area contributed by atoms with Crippen molar-refractivity contribution in [3.8, 4) is 0 Å². The van der Waals surface area contributed by atoms with Gasteiger partial charge in [-0.25, -0.2) is 4.90 Å². The van der Waals surface area contributed by atoms with Crippen molar-refractivity contribution in [1.82, 2.24) is 4.90 Å². The summed E-state index contributed by atoms with van der Waals surface area (Å²) in [4.78, 5) is 43.7. The average Bonchev–Trinajstić information content (AvgIpc) is 3.46. The number of anilines is 2. The Morgan fingerprint density at radius 3 is 2.45 bits per heavy atom. The van der Waals surface area contributed by atoms with Crippen molar-refractivity contribution < 1.29 is 27.6 Å². The minimum absolute atomic E-state index is 0.112. The topological polar surface area (TPSA) is 69.7 Å². The molecule has 0 aliphatic carbocycles. The minimum atomic E-state index is -4.68. The Hall–Kier alpha value is -2.91. The van der Waals surface area contributed by atoms with Crippen LogP contribution in [0, 0.1) is 11.8 Å². The van der Waals surface area contributed by atoms with Gasteiger partial charge in [0.05, 0.1) is 28.8 Å². The summed E-state index contributed by atoms with van der Waals surface area (Å²) in [5.74, 6) is -3.64. The molecule has 2 aromatic carbocycles. The van der Waals surface area contributed by atoms with Gasteiger partial charge in [-0.2, -0.15) is 13.2 Å². The first-order valence-corrected chi connectivity index (χ1v) is 11.0. The van der Waals surface area contributed by atoms with Gasteiger partial charge in [0.25, 0.3) is 0 Å². The Bertz CT molecular complexity index is 1230. The number of hydrogen-bond acceptors (Lipinski definition) is 4. The summed E-state index contributed by atoms with van der Waals surface area (Å²) >= 11 is 5.95. The van der Waals surface area contributed by atoms with Crippen LogP contribution in [0.2, 0.25) is 5.02 Å². The predicted molar refractivity (Wildman–Crippen MR) is 112 cm³/mol. The summed E-state index contributed by atoms with van der Waals surface area (Å²) in [5, 5.41) is 2.86. The van der Waals surface area contributed by atoms with Gasteiger partial charge in [-0.1, -0.05) is 23.7 Å². The van der Waals surface area contributed by atoms with Crippen LogP contribution in [0.3, 0.4) is 0 Å². The van der Waals surface area contributed by atoms with Gasteiger partial charge in [0, 0.05) is 16.6 Å². The van der Waals surface area contributed by atoms with Crippen LogP contribution in [0.1, 0.15) is 24.0 Å². The molecule has 4 heterocycles.